The maximum atomic E-state index is 12.9. The average Bonchev–Trinajstić information content (AvgIpc) is 3.23. The number of nitrogens with zero attached hydrogens (tertiary/aromatic N) is 1. The van der Waals surface area contributed by atoms with Crippen molar-refractivity contribution in [3.63, 3.8) is 0 Å². The number of amides is 1. The van der Waals surface area contributed by atoms with Gasteiger partial charge < -0.3 is 15.3 Å². The summed E-state index contributed by atoms with van der Waals surface area (Å²) >= 11 is 0. The Morgan fingerprint density at radius 2 is 1.76 bits per heavy atom. The first-order chi connectivity index (χ1) is 12.1. The molecule has 1 aliphatic heterocycles. The fraction of sp³-hybridized carbons (Fsp3) is 0.650. The monoisotopic (exact) mass is 348 g/mol. The number of hydrogen-bond donors (Lipinski definition) is 2. The highest BCUT2D eigenvalue weighted by molar-refractivity contribution is 5.64. The summed E-state index contributed by atoms with van der Waals surface area (Å²) in [4.78, 5) is 12.7. The van der Waals surface area contributed by atoms with Crippen LogP contribution in [0.5, 0.6) is 0 Å². The van der Waals surface area contributed by atoms with E-state index in [1.807, 2.05) is 12.1 Å². The highest BCUT2D eigenvalue weighted by atomic mass is 19.1. The van der Waals surface area contributed by atoms with E-state index in [1.165, 1.54) is 56.2 Å². The molecule has 2 N–H and O–H groups in total. The molecule has 2 saturated carbocycles. The zero-order chi connectivity index (χ0) is 17.6. The predicted octanol–water partition coefficient (Wildman–Crippen LogP) is 4.08. The Morgan fingerprint density at radius 3 is 2.36 bits per heavy atom. The van der Waals surface area contributed by atoms with Gasteiger partial charge in [-0.05, 0) is 41.9 Å². The molecule has 3 atom stereocenters. The van der Waals surface area contributed by atoms with Crippen molar-refractivity contribution in [3.05, 3.63) is 35.6 Å². The molecule has 3 fully saturated rings. The summed E-state index contributed by atoms with van der Waals surface area (Å²) in [7, 11) is 0. The molecular formula is C20H29FN2O2. The second-order valence-corrected chi connectivity index (χ2v) is 7.58. The number of carboxylic acid groups (broad SMARTS) is 1. The Morgan fingerprint density at radius 1 is 1.12 bits per heavy atom. The Bertz CT molecular complexity index is 552. The van der Waals surface area contributed by atoms with Crippen LogP contribution in [-0.4, -0.2) is 42.3 Å². The van der Waals surface area contributed by atoms with Crippen molar-refractivity contribution in [1.82, 2.24) is 10.2 Å². The number of rotatable bonds is 4. The third-order valence-corrected chi connectivity index (χ3v) is 5.89. The minimum Gasteiger partial charge on any atom is -0.465 e. The fourth-order valence-electron chi connectivity index (χ4n) is 4.48. The van der Waals surface area contributed by atoms with Gasteiger partial charge in [-0.25, -0.2) is 9.18 Å². The zero-order valence-corrected chi connectivity index (χ0v) is 14.8. The van der Waals surface area contributed by atoms with Gasteiger partial charge in [0.15, 0.2) is 0 Å². The Kier molecular flexibility index (Phi) is 6.29. The van der Waals surface area contributed by atoms with Crippen LogP contribution in [0.1, 0.15) is 50.0 Å². The Hall–Kier alpha value is -1.62. The molecule has 5 heteroatoms. The van der Waals surface area contributed by atoms with E-state index < -0.39 is 6.09 Å². The van der Waals surface area contributed by atoms with Crippen LogP contribution < -0.4 is 5.32 Å². The summed E-state index contributed by atoms with van der Waals surface area (Å²) < 4.78 is 12.9. The Balaban J connectivity index is 0.000000314. The molecule has 0 radical (unpaired) electrons. The zero-order valence-electron chi connectivity index (χ0n) is 14.8. The fourth-order valence-corrected chi connectivity index (χ4v) is 4.48. The third-order valence-electron chi connectivity index (χ3n) is 5.89. The van der Waals surface area contributed by atoms with Gasteiger partial charge in [-0.3, -0.25) is 0 Å². The van der Waals surface area contributed by atoms with Gasteiger partial charge in [-0.15, -0.1) is 0 Å². The molecule has 0 spiro atoms. The second kappa shape index (κ2) is 8.65. The SMILES string of the molecule is C1CCCC1.O=C(O)NCCN1CC2CC(c3ccc(F)cc3)C2C1. The van der Waals surface area contributed by atoms with E-state index in [0.29, 0.717) is 18.4 Å². The van der Waals surface area contributed by atoms with Gasteiger partial charge in [-0.2, -0.15) is 0 Å². The molecule has 1 saturated heterocycles. The standard InChI is InChI=1S/C15H19FN2O2.C5H10/c16-12-3-1-10(2-4-12)13-7-11-8-18(9-14(11)13)6-5-17-15(19)20;1-2-4-5-3-1/h1-4,11,13-14,17H,5-9H2,(H,19,20);1-5H2. The summed E-state index contributed by atoms with van der Waals surface area (Å²) in [6.45, 7) is 3.34. The summed E-state index contributed by atoms with van der Waals surface area (Å²) in [6, 6.07) is 6.86. The van der Waals surface area contributed by atoms with Crippen molar-refractivity contribution in [2.45, 2.75) is 44.4 Å². The molecule has 1 aromatic rings. The maximum absolute atomic E-state index is 12.9. The molecule has 2 aliphatic carbocycles. The van der Waals surface area contributed by atoms with Crippen molar-refractivity contribution in [1.29, 1.82) is 0 Å². The van der Waals surface area contributed by atoms with Gasteiger partial charge >= 0.3 is 6.09 Å². The largest absolute Gasteiger partial charge is 0.465 e. The molecule has 1 amide bonds. The first-order valence-electron chi connectivity index (χ1n) is 9.58. The number of halogens is 1. The van der Waals surface area contributed by atoms with E-state index in [2.05, 4.69) is 10.2 Å². The summed E-state index contributed by atoms with van der Waals surface area (Å²) in [5.74, 6) is 1.72. The predicted molar refractivity (Wildman–Crippen MR) is 96.3 cm³/mol. The average molecular weight is 348 g/mol. The lowest BCUT2D eigenvalue weighted by Crippen LogP contribution is -2.33. The van der Waals surface area contributed by atoms with Crippen molar-refractivity contribution >= 4 is 6.09 Å². The van der Waals surface area contributed by atoms with Crippen LogP contribution in [0.25, 0.3) is 0 Å². The highest BCUT2D eigenvalue weighted by Gasteiger charge is 2.47. The van der Waals surface area contributed by atoms with Crippen LogP contribution in [0.4, 0.5) is 9.18 Å². The molecule has 1 heterocycles. The van der Waals surface area contributed by atoms with E-state index in [0.717, 1.165) is 25.6 Å². The van der Waals surface area contributed by atoms with E-state index >= 15 is 0 Å². The normalized spacial score (nSPS) is 27.8. The number of nitrogens with one attached hydrogen (secondary N) is 1. The lowest BCUT2D eigenvalue weighted by molar-refractivity contribution is 0.190. The van der Waals surface area contributed by atoms with E-state index in [4.69, 9.17) is 5.11 Å². The Labute approximate surface area is 149 Å². The van der Waals surface area contributed by atoms with Gasteiger partial charge in [0, 0.05) is 26.2 Å². The molecule has 0 aromatic heterocycles. The molecule has 4 nitrogen and oxygen atoms in total. The van der Waals surface area contributed by atoms with E-state index in [1.54, 1.807) is 0 Å². The number of hydrogen-bond acceptors (Lipinski definition) is 2. The lowest BCUT2D eigenvalue weighted by Gasteiger charge is -2.40. The van der Waals surface area contributed by atoms with Crippen LogP contribution in [0.2, 0.25) is 0 Å². The third kappa shape index (κ3) is 4.94. The highest BCUT2D eigenvalue weighted by Crippen LogP contribution is 2.51. The lowest BCUT2D eigenvalue weighted by atomic mass is 9.64. The molecular weight excluding hydrogens is 319 g/mol. The second-order valence-electron chi connectivity index (χ2n) is 7.58. The minimum absolute atomic E-state index is 0.183. The van der Waals surface area contributed by atoms with Crippen LogP contribution in [-0.2, 0) is 0 Å². The van der Waals surface area contributed by atoms with Crippen LogP contribution in [0.3, 0.4) is 0 Å². The number of carbonyl (C=O) groups is 1. The summed E-state index contributed by atoms with van der Waals surface area (Å²) in [5.41, 5.74) is 1.23. The van der Waals surface area contributed by atoms with Crippen LogP contribution in [0, 0.1) is 17.7 Å². The first-order valence-corrected chi connectivity index (χ1v) is 9.58. The number of fused-ring (bicyclic) bond motifs is 1. The van der Waals surface area contributed by atoms with Crippen molar-refractivity contribution in [2.75, 3.05) is 26.2 Å². The summed E-state index contributed by atoms with van der Waals surface area (Å²) in [5, 5.41) is 11.0. The van der Waals surface area contributed by atoms with E-state index in [-0.39, 0.29) is 5.82 Å². The molecule has 0 bridgehead atoms. The number of likely N-dealkylation sites (tertiary alicyclic amines) is 1. The van der Waals surface area contributed by atoms with Crippen molar-refractivity contribution < 1.29 is 14.3 Å². The first kappa shape index (κ1) is 18.2. The van der Waals surface area contributed by atoms with Gasteiger partial charge in [0.2, 0.25) is 0 Å². The van der Waals surface area contributed by atoms with E-state index in [9.17, 15) is 9.18 Å². The quantitative estimate of drug-likeness (QED) is 0.862. The molecule has 4 rings (SSSR count). The van der Waals surface area contributed by atoms with Crippen LogP contribution >= 0.6 is 0 Å². The topological polar surface area (TPSA) is 52.6 Å². The minimum atomic E-state index is -0.962. The van der Waals surface area contributed by atoms with Crippen molar-refractivity contribution in [2.24, 2.45) is 11.8 Å². The smallest absolute Gasteiger partial charge is 0.404 e. The molecule has 1 aromatic carbocycles. The van der Waals surface area contributed by atoms with Crippen LogP contribution in [0.15, 0.2) is 24.3 Å². The molecule has 3 unspecified atom stereocenters. The van der Waals surface area contributed by atoms with Gasteiger partial charge in [-0.1, -0.05) is 44.2 Å². The molecule has 25 heavy (non-hydrogen) atoms. The maximum Gasteiger partial charge on any atom is 0.404 e. The molecule has 138 valence electrons. The van der Waals surface area contributed by atoms with Gasteiger partial charge in [0.25, 0.3) is 0 Å². The number of benzene rings is 1. The molecule has 3 aliphatic rings. The summed E-state index contributed by atoms with van der Waals surface area (Å²) in [6.07, 6.45) is 7.70. The van der Waals surface area contributed by atoms with Gasteiger partial charge in [0.05, 0.1) is 0 Å². The van der Waals surface area contributed by atoms with Gasteiger partial charge in [0.1, 0.15) is 5.82 Å². The van der Waals surface area contributed by atoms with Crippen molar-refractivity contribution in [3.8, 4) is 0 Å².